The minimum absolute atomic E-state index is 0.184. The summed E-state index contributed by atoms with van der Waals surface area (Å²) in [6.45, 7) is 3.03. The number of benzene rings is 4. The zero-order chi connectivity index (χ0) is 29.0. The maximum Gasteiger partial charge on any atom is 0.277 e. The average molecular weight is 561 g/mol. The van der Waals surface area contributed by atoms with Crippen molar-refractivity contribution in [2.24, 2.45) is 5.10 Å². The normalized spacial score (nSPS) is 10.9. The van der Waals surface area contributed by atoms with E-state index in [2.05, 4.69) is 17.5 Å². The van der Waals surface area contributed by atoms with Crippen LogP contribution in [-0.4, -0.2) is 35.1 Å². The summed E-state index contributed by atoms with van der Waals surface area (Å²) in [6, 6.07) is 34.7. The third-order valence-corrected chi connectivity index (χ3v) is 6.20. The summed E-state index contributed by atoms with van der Waals surface area (Å²) in [4.78, 5) is 12.4. The van der Waals surface area contributed by atoms with Crippen LogP contribution in [0.25, 0.3) is 16.9 Å². The Morgan fingerprint density at radius 3 is 2.12 bits per heavy atom. The first-order valence-electron chi connectivity index (χ1n) is 13.8. The van der Waals surface area contributed by atoms with Crippen molar-refractivity contribution in [1.82, 2.24) is 15.2 Å². The highest BCUT2D eigenvalue weighted by atomic mass is 16.5. The van der Waals surface area contributed by atoms with Crippen LogP contribution in [0.15, 0.2) is 120 Å². The standard InChI is InChI=1S/C34H32N4O4/c1-2-21-40-30-15-13-27(14-16-30)34-28(23-38(37-34)29-11-7-4-8-12-29)22-35-36-33(39)25-42-32-19-17-31(18-20-32)41-24-26-9-5-3-6-10-26/h3-20,22-23H,2,21,24-25H2,1H3,(H,36,39). The Morgan fingerprint density at radius 2 is 1.43 bits per heavy atom. The monoisotopic (exact) mass is 560 g/mol. The number of nitrogens with one attached hydrogen (secondary N) is 1. The van der Waals surface area contributed by atoms with E-state index in [1.54, 1.807) is 23.0 Å². The maximum absolute atomic E-state index is 12.4. The van der Waals surface area contributed by atoms with Crippen molar-refractivity contribution in [3.63, 3.8) is 0 Å². The molecule has 0 saturated heterocycles. The van der Waals surface area contributed by atoms with Gasteiger partial charge in [-0.1, -0.05) is 55.5 Å². The summed E-state index contributed by atoms with van der Waals surface area (Å²) < 4.78 is 18.9. The molecule has 1 aromatic heterocycles. The van der Waals surface area contributed by atoms with Gasteiger partial charge in [-0.15, -0.1) is 0 Å². The van der Waals surface area contributed by atoms with Gasteiger partial charge in [-0.25, -0.2) is 10.1 Å². The lowest BCUT2D eigenvalue weighted by molar-refractivity contribution is -0.123. The molecule has 1 heterocycles. The van der Waals surface area contributed by atoms with Gasteiger partial charge < -0.3 is 14.2 Å². The molecular formula is C34H32N4O4. The van der Waals surface area contributed by atoms with Crippen molar-refractivity contribution in [3.05, 3.63) is 127 Å². The third-order valence-electron chi connectivity index (χ3n) is 6.20. The topological polar surface area (TPSA) is 87.0 Å². The quantitative estimate of drug-likeness (QED) is 0.132. The fraction of sp³-hybridized carbons (Fsp3) is 0.147. The highest BCUT2D eigenvalue weighted by molar-refractivity contribution is 5.89. The predicted molar refractivity (Wildman–Crippen MR) is 163 cm³/mol. The number of amides is 1. The molecule has 0 radical (unpaired) electrons. The summed E-state index contributed by atoms with van der Waals surface area (Å²) >= 11 is 0. The molecule has 4 aromatic carbocycles. The van der Waals surface area contributed by atoms with Gasteiger partial charge in [0.05, 0.1) is 18.5 Å². The molecule has 0 aliphatic rings. The van der Waals surface area contributed by atoms with E-state index >= 15 is 0 Å². The molecule has 212 valence electrons. The minimum atomic E-state index is -0.384. The lowest BCUT2D eigenvalue weighted by atomic mass is 10.1. The average Bonchev–Trinajstić information content (AvgIpc) is 3.47. The lowest BCUT2D eigenvalue weighted by Gasteiger charge is -2.08. The molecule has 0 saturated carbocycles. The summed E-state index contributed by atoms with van der Waals surface area (Å²) in [7, 11) is 0. The van der Waals surface area contributed by atoms with Crippen molar-refractivity contribution in [2.75, 3.05) is 13.2 Å². The smallest absolute Gasteiger partial charge is 0.277 e. The van der Waals surface area contributed by atoms with E-state index in [9.17, 15) is 4.79 Å². The van der Waals surface area contributed by atoms with Crippen LogP contribution in [0.5, 0.6) is 17.2 Å². The summed E-state index contributed by atoms with van der Waals surface area (Å²) in [5, 5.41) is 8.96. The van der Waals surface area contributed by atoms with E-state index in [-0.39, 0.29) is 12.5 Å². The Morgan fingerprint density at radius 1 is 0.810 bits per heavy atom. The molecule has 0 unspecified atom stereocenters. The minimum Gasteiger partial charge on any atom is -0.494 e. The summed E-state index contributed by atoms with van der Waals surface area (Å²) in [5.41, 5.74) is 6.91. The van der Waals surface area contributed by atoms with Crippen molar-refractivity contribution >= 4 is 12.1 Å². The number of nitrogens with zero attached hydrogens (tertiary/aromatic N) is 3. The molecule has 0 aliphatic carbocycles. The molecule has 8 nitrogen and oxygen atoms in total. The SMILES string of the molecule is CCCOc1ccc(-c2nn(-c3ccccc3)cc2C=NNC(=O)COc2ccc(OCc3ccccc3)cc2)cc1. The number of carbonyl (C=O) groups is 1. The summed E-state index contributed by atoms with van der Waals surface area (Å²) in [6.07, 6.45) is 4.40. The number of aromatic nitrogens is 2. The molecule has 0 bridgehead atoms. The Labute approximate surface area is 245 Å². The summed E-state index contributed by atoms with van der Waals surface area (Å²) in [5.74, 6) is 1.69. The predicted octanol–water partition coefficient (Wildman–Crippen LogP) is 6.44. The van der Waals surface area contributed by atoms with Crippen molar-refractivity contribution < 1.29 is 19.0 Å². The zero-order valence-corrected chi connectivity index (χ0v) is 23.4. The number of hydrazone groups is 1. The number of hydrogen-bond acceptors (Lipinski definition) is 6. The zero-order valence-electron chi connectivity index (χ0n) is 23.4. The van der Waals surface area contributed by atoms with Gasteiger partial charge in [0.1, 0.15) is 29.5 Å². The van der Waals surface area contributed by atoms with E-state index in [0.29, 0.717) is 19.0 Å². The second-order valence-corrected chi connectivity index (χ2v) is 9.41. The molecule has 5 aromatic rings. The first-order valence-corrected chi connectivity index (χ1v) is 13.8. The van der Waals surface area contributed by atoms with Crippen molar-refractivity contribution in [3.8, 4) is 34.2 Å². The maximum atomic E-state index is 12.4. The van der Waals surface area contributed by atoms with Crippen LogP contribution in [0, 0.1) is 0 Å². The largest absolute Gasteiger partial charge is 0.494 e. The molecule has 1 N–H and O–H groups in total. The van der Waals surface area contributed by atoms with E-state index in [1.165, 1.54) is 0 Å². The van der Waals surface area contributed by atoms with Gasteiger partial charge >= 0.3 is 0 Å². The molecule has 42 heavy (non-hydrogen) atoms. The number of rotatable bonds is 13. The first kappa shape index (κ1) is 28.2. The van der Waals surface area contributed by atoms with Gasteiger partial charge in [0.15, 0.2) is 6.61 Å². The Balaban J connectivity index is 1.19. The van der Waals surface area contributed by atoms with Crippen LogP contribution in [0.3, 0.4) is 0 Å². The lowest BCUT2D eigenvalue weighted by Crippen LogP contribution is -2.24. The number of ether oxygens (including phenoxy) is 3. The first-order chi connectivity index (χ1) is 20.7. The third kappa shape index (κ3) is 7.85. The van der Waals surface area contributed by atoms with Gasteiger partial charge in [0.25, 0.3) is 5.91 Å². The van der Waals surface area contributed by atoms with Crippen LogP contribution in [0.1, 0.15) is 24.5 Å². The molecule has 0 spiro atoms. The van der Waals surface area contributed by atoms with Crippen molar-refractivity contribution in [1.29, 1.82) is 0 Å². The second kappa shape index (κ2) is 14.3. The molecule has 0 atom stereocenters. The van der Waals surface area contributed by atoms with Gasteiger partial charge in [0.2, 0.25) is 0 Å². The van der Waals surface area contributed by atoms with Crippen LogP contribution in [0.4, 0.5) is 0 Å². The fourth-order valence-corrected chi connectivity index (χ4v) is 4.08. The molecule has 1 amide bonds. The number of para-hydroxylation sites is 1. The van der Waals surface area contributed by atoms with Gasteiger partial charge in [-0.3, -0.25) is 4.79 Å². The van der Waals surface area contributed by atoms with Gasteiger partial charge in [-0.2, -0.15) is 10.2 Å². The van der Waals surface area contributed by atoms with E-state index in [0.717, 1.165) is 46.0 Å². The highest BCUT2D eigenvalue weighted by Crippen LogP contribution is 2.25. The number of carbonyl (C=O) groups excluding carboxylic acids is 1. The molecule has 0 aliphatic heterocycles. The van der Waals surface area contributed by atoms with E-state index in [1.807, 2.05) is 103 Å². The number of hydrogen-bond donors (Lipinski definition) is 1. The highest BCUT2D eigenvalue weighted by Gasteiger charge is 2.12. The Kier molecular flexibility index (Phi) is 9.60. The van der Waals surface area contributed by atoms with Crippen LogP contribution >= 0.6 is 0 Å². The van der Waals surface area contributed by atoms with Gasteiger partial charge in [-0.05, 0) is 72.6 Å². The Bertz CT molecular complexity index is 1580. The van der Waals surface area contributed by atoms with Crippen LogP contribution in [-0.2, 0) is 11.4 Å². The van der Waals surface area contributed by atoms with Gasteiger partial charge in [0, 0.05) is 17.3 Å². The fourth-order valence-electron chi connectivity index (χ4n) is 4.08. The van der Waals surface area contributed by atoms with Crippen LogP contribution in [0.2, 0.25) is 0 Å². The Hall–Kier alpha value is -5.37. The van der Waals surface area contributed by atoms with E-state index < -0.39 is 0 Å². The molecule has 5 rings (SSSR count). The molecule has 0 fully saturated rings. The molecular weight excluding hydrogens is 528 g/mol. The van der Waals surface area contributed by atoms with Crippen LogP contribution < -0.4 is 19.6 Å². The van der Waals surface area contributed by atoms with Crippen molar-refractivity contribution in [2.45, 2.75) is 20.0 Å². The molecule has 8 heteroatoms. The van der Waals surface area contributed by atoms with E-state index in [4.69, 9.17) is 19.3 Å². The second-order valence-electron chi connectivity index (χ2n) is 9.41.